The second kappa shape index (κ2) is 8.04. The van der Waals surface area contributed by atoms with E-state index in [-0.39, 0.29) is 12.6 Å². The van der Waals surface area contributed by atoms with Crippen molar-refractivity contribution in [2.75, 3.05) is 54.0 Å². The summed E-state index contributed by atoms with van der Waals surface area (Å²) in [6.45, 7) is 4.33. The predicted molar refractivity (Wildman–Crippen MR) is 108 cm³/mol. The molecule has 0 aromatic carbocycles. The van der Waals surface area contributed by atoms with Crippen molar-refractivity contribution in [3.63, 3.8) is 0 Å². The second-order valence-electron chi connectivity index (χ2n) is 6.84. The first-order valence-electron chi connectivity index (χ1n) is 9.16. The number of nitrogens with zero attached hydrogens (tertiary/aromatic N) is 6. The van der Waals surface area contributed by atoms with Crippen molar-refractivity contribution in [1.82, 2.24) is 15.0 Å². The zero-order valence-corrected chi connectivity index (χ0v) is 16.4. The third-order valence-corrected chi connectivity index (χ3v) is 5.70. The van der Waals surface area contributed by atoms with Gasteiger partial charge in [0.15, 0.2) is 0 Å². The largest absolute Gasteiger partial charge is 0.394 e. The van der Waals surface area contributed by atoms with Crippen LogP contribution in [0.3, 0.4) is 0 Å². The van der Waals surface area contributed by atoms with Gasteiger partial charge in [0, 0.05) is 45.0 Å². The fraction of sp³-hybridized carbons (Fsp3) is 0.500. The van der Waals surface area contributed by atoms with E-state index < -0.39 is 0 Å². The lowest BCUT2D eigenvalue weighted by Crippen LogP contribution is -2.47. The molecule has 2 saturated heterocycles. The molecule has 7 nitrogen and oxygen atoms in total. The highest BCUT2D eigenvalue weighted by molar-refractivity contribution is 6.36. The quantitative estimate of drug-likeness (QED) is 0.832. The van der Waals surface area contributed by atoms with Crippen LogP contribution in [0.4, 0.5) is 17.5 Å². The molecule has 0 bridgehead atoms. The van der Waals surface area contributed by atoms with Crippen molar-refractivity contribution >= 4 is 40.7 Å². The maximum atomic E-state index is 9.57. The molecule has 2 aromatic heterocycles. The summed E-state index contributed by atoms with van der Waals surface area (Å²) in [7, 11) is 0. The van der Waals surface area contributed by atoms with E-state index in [0.29, 0.717) is 10.0 Å². The SMILES string of the molecule is OCC1CCCN1c1cc(N2CCN(c3ncc(Cl)cc3Cl)CC2)ncn1. The lowest BCUT2D eigenvalue weighted by Gasteiger charge is -2.36. The minimum Gasteiger partial charge on any atom is -0.394 e. The Morgan fingerprint density at radius 2 is 1.70 bits per heavy atom. The van der Waals surface area contributed by atoms with Gasteiger partial charge in [-0.15, -0.1) is 0 Å². The lowest BCUT2D eigenvalue weighted by molar-refractivity contribution is 0.266. The average molecular weight is 409 g/mol. The Morgan fingerprint density at radius 1 is 0.963 bits per heavy atom. The lowest BCUT2D eigenvalue weighted by atomic mass is 10.2. The van der Waals surface area contributed by atoms with Gasteiger partial charge in [0.2, 0.25) is 0 Å². The van der Waals surface area contributed by atoms with E-state index >= 15 is 0 Å². The topological polar surface area (TPSA) is 68.6 Å². The third-order valence-electron chi connectivity index (χ3n) is 5.21. The van der Waals surface area contributed by atoms with Crippen LogP contribution >= 0.6 is 23.2 Å². The third kappa shape index (κ3) is 3.90. The van der Waals surface area contributed by atoms with Crippen LogP contribution < -0.4 is 14.7 Å². The van der Waals surface area contributed by atoms with Crippen LogP contribution in [0.2, 0.25) is 10.0 Å². The molecule has 2 aliphatic heterocycles. The molecule has 2 aromatic rings. The number of rotatable bonds is 4. The molecule has 0 spiro atoms. The van der Waals surface area contributed by atoms with Gasteiger partial charge in [0.1, 0.15) is 23.8 Å². The van der Waals surface area contributed by atoms with Crippen LogP contribution in [-0.2, 0) is 0 Å². The fourth-order valence-electron chi connectivity index (χ4n) is 3.78. The van der Waals surface area contributed by atoms with E-state index in [0.717, 1.165) is 63.0 Å². The van der Waals surface area contributed by atoms with E-state index in [9.17, 15) is 5.11 Å². The van der Waals surface area contributed by atoms with E-state index in [1.807, 2.05) is 6.07 Å². The number of aliphatic hydroxyl groups excluding tert-OH is 1. The molecule has 4 heterocycles. The Hall–Kier alpha value is -1.83. The molecule has 144 valence electrons. The average Bonchev–Trinajstić information content (AvgIpc) is 3.17. The van der Waals surface area contributed by atoms with Crippen molar-refractivity contribution in [3.8, 4) is 0 Å². The number of aliphatic hydroxyl groups is 1. The Bertz CT molecular complexity index is 799. The number of hydrogen-bond acceptors (Lipinski definition) is 7. The van der Waals surface area contributed by atoms with Crippen LogP contribution in [0.15, 0.2) is 24.7 Å². The maximum Gasteiger partial charge on any atom is 0.147 e. The van der Waals surface area contributed by atoms with E-state index in [1.165, 1.54) is 0 Å². The summed E-state index contributed by atoms with van der Waals surface area (Å²) in [5.74, 6) is 2.58. The van der Waals surface area contributed by atoms with Gasteiger partial charge in [-0.2, -0.15) is 0 Å². The van der Waals surface area contributed by atoms with Crippen molar-refractivity contribution in [2.24, 2.45) is 0 Å². The summed E-state index contributed by atoms with van der Waals surface area (Å²) in [5, 5.41) is 10.7. The smallest absolute Gasteiger partial charge is 0.147 e. The molecular formula is C18H22Cl2N6O. The van der Waals surface area contributed by atoms with Gasteiger partial charge in [-0.1, -0.05) is 23.2 Å². The highest BCUT2D eigenvalue weighted by Gasteiger charge is 2.26. The Kier molecular flexibility index (Phi) is 5.52. The molecule has 27 heavy (non-hydrogen) atoms. The molecule has 2 fully saturated rings. The molecule has 0 aliphatic carbocycles. The highest BCUT2D eigenvalue weighted by Crippen LogP contribution is 2.29. The summed E-state index contributed by atoms with van der Waals surface area (Å²) in [4.78, 5) is 19.8. The molecule has 2 aliphatic rings. The van der Waals surface area contributed by atoms with Crippen molar-refractivity contribution < 1.29 is 5.11 Å². The van der Waals surface area contributed by atoms with Crippen LogP contribution in [0, 0.1) is 0 Å². The van der Waals surface area contributed by atoms with E-state index in [4.69, 9.17) is 23.2 Å². The van der Waals surface area contributed by atoms with Gasteiger partial charge in [0.05, 0.1) is 22.7 Å². The van der Waals surface area contributed by atoms with Gasteiger partial charge in [-0.3, -0.25) is 0 Å². The van der Waals surface area contributed by atoms with Gasteiger partial charge in [-0.25, -0.2) is 15.0 Å². The normalized spacial score (nSPS) is 20.4. The van der Waals surface area contributed by atoms with Gasteiger partial charge < -0.3 is 19.8 Å². The van der Waals surface area contributed by atoms with E-state index in [2.05, 4.69) is 29.7 Å². The molecular weight excluding hydrogens is 387 g/mol. The van der Waals surface area contributed by atoms with Gasteiger partial charge >= 0.3 is 0 Å². The molecule has 1 atom stereocenters. The number of anilines is 3. The van der Waals surface area contributed by atoms with Crippen molar-refractivity contribution in [1.29, 1.82) is 0 Å². The summed E-state index contributed by atoms with van der Waals surface area (Å²) in [6.07, 6.45) is 5.32. The molecule has 1 N–H and O–H groups in total. The first-order valence-corrected chi connectivity index (χ1v) is 9.92. The highest BCUT2D eigenvalue weighted by atomic mass is 35.5. The number of aromatic nitrogens is 3. The zero-order valence-electron chi connectivity index (χ0n) is 14.9. The van der Waals surface area contributed by atoms with Crippen LogP contribution in [0.25, 0.3) is 0 Å². The minimum atomic E-state index is 0.155. The summed E-state index contributed by atoms with van der Waals surface area (Å²) in [5.41, 5.74) is 0. The molecule has 0 amide bonds. The maximum absolute atomic E-state index is 9.57. The van der Waals surface area contributed by atoms with Crippen molar-refractivity contribution in [3.05, 3.63) is 34.7 Å². The summed E-state index contributed by atoms with van der Waals surface area (Å²) in [6, 6.07) is 3.90. The Balaban J connectivity index is 1.44. The molecule has 1 unspecified atom stereocenters. The first-order chi connectivity index (χ1) is 13.2. The van der Waals surface area contributed by atoms with Crippen LogP contribution in [-0.4, -0.2) is 65.4 Å². The second-order valence-corrected chi connectivity index (χ2v) is 7.68. The number of hydrogen-bond donors (Lipinski definition) is 1. The minimum absolute atomic E-state index is 0.155. The number of halogens is 2. The van der Waals surface area contributed by atoms with Crippen molar-refractivity contribution in [2.45, 2.75) is 18.9 Å². The predicted octanol–water partition coefficient (Wildman–Crippen LogP) is 2.47. The van der Waals surface area contributed by atoms with Crippen LogP contribution in [0.1, 0.15) is 12.8 Å². The number of piperazine rings is 1. The molecule has 0 saturated carbocycles. The van der Waals surface area contributed by atoms with Gasteiger partial charge in [0.25, 0.3) is 0 Å². The van der Waals surface area contributed by atoms with Crippen LogP contribution in [0.5, 0.6) is 0 Å². The Morgan fingerprint density at radius 3 is 2.44 bits per heavy atom. The Labute approximate surface area is 168 Å². The number of pyridine rings is 1. The molecule has 4 rings (SSSR count). The monoisotopic (exact) mass is 408 g/mol. The molecule has 9 heteroatoms. The fourth-order valence-corrected chi connectivity index (χ4v) is 4.28. The summed E-state index contributed by atoms with van der Waals surface area (Å²) < 4.78 is 0. The summed E-state index contributed by atoms with van der Waals surface area (Å²) >= 11 is 12.2. The van der Waals surface area contributed by atoms with E-state index in [1.54, 1.807) is 18.6 Å². The standard InChI is InChI=1S/C18H22Cl2N6O/c19-13-8-15(20)18(21-10-13)25-6-4-24(5-7-25)16-9-17(23-12-22-16)26-3-1-2-14(26)11-27/h8-10,12,14,27H,1-7,11H2. The first kappa shape index (κ1) is 18.5. The van der Waals surface area contributed by atoms with Gasteiger partial charge in [-0.05, 0) is 18.9 Å². The zero-order chi connectivity index (χ0) is 18.8. The molecule has 0 radical (unpaired) electrons.